The summed E-state index contributed by atoms with van der Waals surface area (Å²) in [5, 5.41) is 0. The molecule has 90 valence electrons. The van der Waals surface area contributed by atoms with E-state index in [1.807, 2.05) is 0 Å². The van der Waals surface area contributed by atoms with Gasteiger partial charge in [0.25, 0.3) is 0 Å². The Morgan fingerprint density at radius 2 is 1.87 bits per heavy atom. The molecule has 0 atom stereocenters. The summed E-state index contributed by atoms with van der Waals surface area (Å²) in [5.74, 6) is 0. The van der Waals surface area contributed by atoms with E-state index in [4.69, 9.17) is 0 Å². The van der Waals surface area contributed by atoms with Crippen molar-refractivity contribution in [1.29, 1.82) is 0 Å². The Balaban J connectivity index is 1.82. The van der Waals surface area contributed by atoms with Gasteiger partial charge in [0.05, 0.1) is 0 Å². The Hall–Kier alpha value is 1.38. The number of rotatable bonds is 3. The molecule has 0 bridgehead atoms. The minimum absolute atomic E-state index is 0.322. The van der Waals surface area contributed by atoms with Gasteiger partial charge < -0.3 is 0 Å². The van der Waals surface area contributed by atoms with Gasteiger partial charge in [0, 0.05) is 0 Å². The molecule has 15 heavy (non-hydrogen) atoms. The topological polar surface area (TPSA) is 6.48 Å². The van der Waals surface area contributed by atoms with Crippen LogP contribution >= 0.6 is 18.6 Å². The van der Waals surface area contributed by atoms with Gasteiger partial charge in [-0.15, -0.1) is 0 Å². The normalized spacial score (nSPS) is 27.9. The molecule has 2 nitrogen and oxygen atoms in total. The average molecular weight is 435 g/mol. The zero-order valence-electron chi connectivity index (χ0n) is 9.51. The van der Waals surface area contributed by atoms with E-state index >= 15 is 0 Å². The van der Waals surface area contributed by atoms with Crippen molar-refractivity contribution in [3.63, 3.8) is 0 Å². The van der Waals surface area contributed by atoms with Gasteiger partial charge in [-0.1, -0.05) is 0 Å². The predicted octanol–water partition coefficient (Wildman–Crippen LogP) is -0.462. The van der Waals surface area contributed by atoms with Crippen molar-refractivity contribution >= 4 is 18.6 Å². The van der Waals surface area contributed by atoms with Gasteiger partial charge in [-0.25, -0.2) is 0 Å². The van der Waals surface area contributed by atoms with Crippen LogP contribution in [0.5, 0.6) is 0 Å². The summed E-state index contributed by atoms with van der Waals surface area (Å²) in [5.41, 5.74) is 0.731. The molecule has 0 aromatic carbocycles. The first-order valence-corrected chi connectivity index (χ1v) is 13.3. The quantitative estimate of drug-likeness (QED) is 0.438. The van der Waals surface area contributed by atoms with Crippen LogP contribution in [-0.2, 0) is 0 Å². The van der Waals surface area contributed by atoms with Crippen molar-refractivity contribution in [2.75, 3.05) is 32.7 Å². The number of hydrogen-bond donors (Lipinski definition) is 0. The molecule has 0 aromatic heterocycles. The third kappa shape index (κ3) is 3.19. The van der Waals surface area contributed by atoms with Crippen molar-refractivity contribution in [3.05, 3.63) is 0 Å². The SMILES string of the molecule is CCCN1CCC2(CC1)CCN([I-]I)C2. The monoisotopic (exact) mass is 435 g/mol. The van der Waals surface area contributed by atoms with Crippen LogP contribution in [0.4, 0.5) is 0 Å². The van der Waals surface area contributed by atoms with Gasteiger partial charge in [0.15, 0.2) is 0 Å². The Kier molecular flexibility index (Phi) is 4.98. The van der Waals surface area contributed by atoms with Crippen molar-refractivity contribution < 1.29 is 17.5 Å². The first kappa shape index (κ1) is 12.8. The van der Waals surface area contributed by atoms with Crippen LogP contribution in [-0.4, -0.2) is 40.7 Å². The second kappa shape index (κ2) is 5.82. The van der Waals surface area contributed by atoms with E-state index in [0.717, 1.165) is 5.41 Å². The van der Waals surface area contributed by atoms with Crippen LogP contribution < -0.4 is 17.5 Å². The zero-order chi connectivity index (χ0) is 10.7. The molecule has 2 saturated heterocycles. The van der Waals surface area contributed by atoms with E-state index in [0.29, 0.717) is 17.5 Å². The van der Waals surface area contributed by atoms with Crippen LogP contribution in [0.25, 0.3) is 0 Å². The van der Waals surface area contributed by atoms with Crippen molar-refractivity contribution in [2.45, 2.75) is 32.6 Å². The second-order valence-electron chi connectivity index (χ2n) is 5.00. The molecule has 0 aromatic rings. The average Bonchev–Trinajstić information content (AvgIpc) is 2.66. The van der Waals surface area contributed by atoms with Crippen LogP contribution in [0.3, 0.4) is 0 Å². The third-order valence-electron chi connectivity index (χ3n) is 3.94. The van der Waals surface area contributed by atoms with Gasteiger partial charge in [-0.2, -0.15) is 0 Å². The first-order valence-electron chi connectivity index (χ1n) is 6.01. The molecule has 0 saturated carbocycles. The summed E-state index contributed by atoms with van der Waals surface area (Å²) in [6.07, 6.45) is 5.72. The van der Waals surface area contributed by atoms with Crippen LogP contribution in [0.2, 0.25) is 0 Å². The van der Waals surface area contributed by atoms with Gasteiger partial charge in [-0.3, -0.25) is 0 Å². The van der Waals surface area contributed by atoms with Gasteiger partial charge >= 0.3 is 115 Å². The second-order valence-corrected chi connectivity index (χ2v) is 9.18. The Labute approximate surface area is 114 Å². The molecular weight excluding hydrogens is 414 g/mol. The summed E-state index contributed by atoms with van der Waals surface area (Å²) in [7, 11) is 0. The molecule has 2 aliphatic heterocycles. The molecule has 0 aliphatic carbocycles. The molecule has 0 unspecified atom stereocenters. The molecule has 0 N–H and O–H groups in total. The summed E-state index contributed by atoms with van der Waals surface area (Å²) >= 11 is 2.93. The first-order chi connectivity index (χ1) is 7.28. The number of hydrogen-bond acceptors (Lipinski definition) is 2. The van der Waals surface area contributed by atoms with E-state index < -0.39 is 0 Å². The molecular formula is C11H21I2N2-. The van der Waals surface area contributed by atoms with E-state index in [2.05, 4.69) is 33.6 Å². The van der Waals surface area contributed by atoms with Crippen LogP contribution in [0.15, 0.2) is 0 Å². The molecule has 2 aliphatic rings. The fourth-order valence-electron chi connectivity index (χ4n) is 2.91. The van der Waals surface area contributed by atoms with Crippen molar-refractivity contribution in [2.24, 2.45) is 5.41 Å². The van der Waals surface area contributed by atoms with E-state index in [1.54, 1.807) is 0 Å². The summed E-state index contributed by atoms with van der Waals surface area (Å²) in [4.78, 5) is 2.66. The maximum atomic E-state index is 2.73. The molecule has 2 heterocycles. The number of nitrogens with zero attached hydrogens (tertiary/aromatic N) is 2. The fraction of sp³-hybridized carbons (Fsp3) is 1.00. The summed E-state index contributed by atoms with van der Waals surface area (Å²) in [6, 6.07) is 0. The maximum absolute atomic E-state index is 2.73. The third-order valence-corrected chi connectivity index (χ3v) is 8.74. The Morgan fingerprint density at radius 3 is 2.40 bits per heavy atom. The van der Waals surface area contributed by atoms with E-state index in [1.165, 1.54) is 58.4 Å². The molecule has 0 radical (unpaired) electrons. The van der Waals surface area contributed by atoms with Crippen LogP contribution in [0.1, 0.15) is 32.6 Å². The van der Waals surface area contributed by atoms with Crippen molar-refractivity contribution in [3.8, 4) is 0 Å². The zero-order valence-corrected chi connectivity index (χ0v) is 13.8. The van der Waals surface area contributed by atoms with E-state index in [-0.39, 0.29) is 0 Å². The number of likely N-dealkylation sites (tertiary alicyclic amines) is 1. The van der Waals surface area contributed by atoms with E-state index in [9.17, 15) is 0 Å². The van der Waals surface area contributed by atoms with Crippen molar-refractivity contribution in [1.82, 2.24) is 8.01 Å². The van der Waals surface area contributed by atoms with Gasteiger partial charge in [-0.05, 0) is 0 Å². The fourth-order valence-corrected chi connectivity index (χ4v) is 6.27. The Bertz CT molecular complexity index is 203. The molecule has 4 heteroatoms. The molecule has 2 fully saturated rings. The predicted molar refractivity (Wildman–Crippen MR) is 68.6 cm³/mol. The minimum atomic E-state index is 0.322. The standard InChI is InChI=1S/C11H21I2N2/c1-2-6-14-7-3-11(4-8-14)5-9-15(10-11)13-12/h2-10H2,1H3/q-1. The number of halogens is 2. The Morgan fingerprint density at radius 1 is 1.20 bits per heavy atom. The molecule has 1 spiro atoms. The molecule has 0 amide bonds. The number of piperidine rings is 1. The molecule has 2 rings (SSSR count). The summed E-state index contributed by atoms with van der Waals surface area (Å²) in [6.45, 7) is 9.15. The summed E-state index contributed by atoms with van der Waals surface area (Å²) < 4.78 is 2.73. The van der Waals surface area contributed by atoms with Crippen LogP contribution in [0, 0.1) is 5.41 Å². The van der Waals surface area contributed by atoms with Gasteiger partial charge in [0.2, 0.25) is 0 Å². The van der Waals surface area contributed by atoms with Gasteiger partial charge in [0.1, 0.15) is 0 Å².